The molecule has 0 saturated carbocycles. The van der Waals surface area contributed by atoms with Crippen LogP contribution in [0.25, 0.3) is 0 Å². The van der Waals surface area contributed by atoms with Crippen LogP contribution in [0.3, 0.4) is 0 Å². The summed E-state index contributed by atoms with van der Waals surface area (Å²) in [5.74, 6) is -0.453. The Morgan fingerprint density at radius 3 is 2.48 bits per heavy atom. The molecule has 3 rings (SSSR count). The first-order chi connectivity index (χ1) is 12.1. The summed E-state index contributed by atoms with van der Waals surface area (Å²) in [6.45, 7) is 1.06. The van der Waals surface area contributed by atoms with Gasteiger partial charge in [0.2, 0.25) is 10.0 Å². The maximum atomic E-state index is 12.6. The summed E-state index contributed by atoms with van der Waals surface area (Å²) >= 11 is 0. The Bertz CT molecular complexity index is 873. The lowest BCUT2D eigenvalue weighted by Crippen LogP contribution is -2.28. The third kappa shape index (κ3) is 4.12. The van der Waals surface area contributed by atoms with Crippen LogP contribution in [-0.2, 0) is 10.0 Å². The maximum Gasteiger partial charge on any atom is 0.271 e. The summed E-state index contributed by atoms with van der Waals surface area (Å²) in [4.78, 5) is 12.3. The fraction of sp³-hybridized carbons (Fsp3) is 0.222. The van der Waals surface area contributed by atoms with E-state index >= 15 is 0 Å². The fourth-order valence-corrected chi connectivity index (χ4v) is 4.21. The molecule has 7 heteroatoms. The number of nitrogens with zero attached hydrogens (tertiary/aromatic N) is 2. The fourth-order valence-electron chi connectivity index (χ4n) is 2.64. The molecule has 0 atom stereocenters. The largest absolute Gasteiger partial charge is 0.271 e. The lowest BCUT2D eigenvalue weighted by molar-refractivity contribution is 0.0955. The standard InChI is InChI=1S/C18H19N3O3S/c22-18(20-19-14-15-7-2-1-3-8-15)16-9-6-10-17(13-16)25(23,24)21-11-4-5-12-21/h1-3,6-10,13-14H,4-5,11-12H2,(H,20,22)/b19-14+. The van der Waals surface area contributed by atoms with Crippen LogP contribution in [0, 0.1) is 0 Å². The van der Waals surface area contributed by atoms with Gasteiger partial charge in [-0.25, -0.2) is 13.8 Å². The quantitative estimate of drug-likeness (QED) is 0.658. The van der Waals surface area contributed by atoms with E-state index in [0.717, 1.165) is 18.4 Å². The van der Waals surface area contributed by atoms with Crippen molar-refractivity contribution >= 4 is 22.1 Å². The van der Waals surface area contributed by atoms with E-state index in [0.29, 0.717) is 13.1 Å². The van der Waals surface area contributed by atoms with Gasteiger partial charge in [0.05, 0.1) is 11.1 Å². The number of sulfonamides is 1. The van der Waals surface area contributed by atoms with Gasteiger partial charge in [-0.05, 0) is 36.6 Å². The van der Waals surface area contributed by atoms with Crippen LogP contribution in [-0.4, -0.2) is 37.9 Å². The minimum atomic E-state index is -3.54. The average molecular weight is 357 g/mol. The normalized spacial score (nSPS) is 15.5. The minimum absolute atomic E-state index is 0.133. The van der Waals surface area contributed by atoms with Crippen molar-refractivity contribution in [3.8, 4) is 0 Å². The second-order valence-corrected chi connectivity index (χ2v) is 7.69. The molecule has 1 saturated heterocycles. The predicted molar refractivity (Wildman–Crippen MR) is 95.9 cm³/mol. The summed E-state index contributed by atoms with van der Waals surface area (Å²) in [7, 11) is -3.54. The molecule has 1 heterocycles. The molecule has 1 fully saturated rings. The lowest BCUT2D eigenvalue weighted by Gasteiger charge is -2.15. The van der Waals surface area contributed by atoms with Gasteiger partial charge in [-0.2, -0.15) is 9.41 Å². The van der Waals surface area contributed by atoms with Crippen molar-refractivity contribution in [3.63, 3.8) is 0 Å². The van der Waals surface area contributed by atoms with Crippen molar-refractivity contribution < 1.29 is 13.2 Å². The molecular weight excluding hydrogens is 338 g/mol. The van der Waals surface area contributed by atoms with Gasteiger partial charge in [0.15, 0.2) is 0 Å². The first-order valence-corrected chi connectivity index (χ1v) is 9.50. The van der Waals surface area contributed by atoms with Crippen molar-refractivity contribution in [1.29, 1.82) is 0 Å². The Morgan fingerprint density at radius 1 is 1.04 bits per heavy atom. The van der Waals surface area contributed by atoms with Crippen molar-refractivity contribution in [1.82, 2.24) is 9.73 Å². The summed E-state index contributed by atoms with van der Waals surface area (Å²) in [6.07, 6.45) is 3.27. The highest BCUT2D eigenvalue weighted by molar-refractivity contribution is 7.89. The first kappa shape index (κ1) is 17.3. The van der Waals surface area contributed by atoms with E-state index in [2.05, 4.69) is 10.5 Å². The molecule has 0 spiro atoms. The number of amides is 1. The Morgan fingerprint density at radius 2 is 1.76 bits per heavy atom. The average Bonchev–Trinajstić information content (AvgIpc) is 3.18. The van der Waals surface area contributed by atoms with E-state index in [1.54, 1.807) is 12.1 Å². The summed E-state index contributed by atoms with van der Waals surface area (Å²) in [5.41, 5.74) is 3.53. The van der Waals surface area contributed by atoms with E-state index in [4.69, 9.17) is 0 Å². The van der Waals surface area contributed by atoms with Crippen LogP contribution in [0.4, 0.5) is 0 Å². The lowest BCUT2D eigenvalue weighted by atomic mass is 10.2. The van der Waals surface area contributed by atoms with Crippen LogP contribution in [0.2, 0.25) is 0 Å². The topological polar surface area (TPSA) is 78.8 Å². The van der Waals surface area contributed by atoms with Gasteiger partial charge in [0.25, 0.3) is 5.91 Å². The minimum Gasteiger partial charge on any atom is -0.267 e. The summed E-state index contributed by atoms with van der Waals surface area (Å²) < 4.78 is 26.6. The third-order valence-electron chi connectivity index (χ3n) is 3.98. The van der Waals surface area contributed by atoms with Gasteiger partial charge in [0, 0.05) is 18.7 Å². The van der Waals surface area contributed by atoms with Gasteiger partial charge < -0.3 is 0 Å². The molecule has 0 aromatic heterocycles. The predicted octanol–water partition coefficient (Wildman–Crippen LogP) is 2.24. The highest BCUT2D eigenvalue weighted by atomic mass is 32.2. The van der Waals surface area contributed by atoms with Crippen molar-refractivity contribution in [3.05, 3.63) is 65.7 Å². The van der Waals surface area contributed by atoms with Crippen LogP contribution < -0.4 is 5.43 Å². The van der Waals surface area contributed by atoms with E-state index in [1.807, 2.05) is 30.3 Å². The highest BCUT2D eigenvalue weighted by Gasteiger charge is 2.27. The molecule has 1 aliphatic heterocycles. The Hall–Kier alpha value is -2.51. The molecule has 130 valence electrons. The van der Waals surface area contributed by atoms with Crippen molar-refractivity contribution in [2.45, 2.75) is 17.7 Å². The van der Waals surface area contributed by atoms with Crippen LogP contribution in [0.5, 0.6) is 0 Å². The molecule has 0 bridgehead atoms. The van der Waals surface area contributed by atoms with Crippen LogP contribution in [0.15, 0.2) is 64.6 Å². The van der Waals surface area contributed by atoms with Crippen molar-refractivity contribution in [2.24, 2.45) is 5.10 Å². The molecule has 0 radical (unpaired) electrons. The molecule has 25 heavy (non-hydrogen) atoms. The van der Waals surface area contributed by atoms with Gasteiger partial charge in [-0.1, -0.05) is 36.4 Å². The van der Waals surface area contributed by atoms with Gasteiger partial charge in [-0.3, -0.25) is 4.79 Å². The number of nitrogens with one attached hydrogen (secondary N) is 1. The summed E-state index contributed by atoms with van der Waals surface area (Å²) in [5, 5.41) is 3.90. The Kier molecular flexibility index (Phi) is 5.25. The molecule has 1 amide bonds. The molecule has 0 unspecified atom stereocenters. The maximum absolute atomic E-state index is 12.6. The molecule has 6 nitrogen and oxygen atoms in total. The van der Waals surface area contributed by atoms with E-state index in [9.17, 15) is 13.2 Å². The smallest absolute Gasteiger partial charge is 0.267 e. The summed E-state index contributed by atoms with van der Waals surface area (Å²) in [6, 6.07) is 15.4. The first-order valence-electron chi connectivity index (χ1n) is 8.06. The van der Waals surface area contributed by atoms with Crippen LogP contribution in [0.1, 0.15) is 28.8 Å². The Labute approximate surface area is 147 Å². The number of hydrogen-bond donors (Lipinski definition) is 1. The zero-order valence-electron chi connectivity index (χ0n) is 13.6. The number of hydrazone groups is 1. The zero-order valence-corrected chi connectivity index (χ0v) is 14.4. The molecule has 2 aromatic rings. The highest BCUT2D eigenvalue weighted by Crippen LogP contribution is 2.21. The van der Waals surface area contributed by atoms with Gasteiger partial charge in [-0.15, -0.1) is 0 Å². The number of benzene rings is 2. The van der Waals surface area contributed by atoms with Crippen molar-refractivity contribution in [2.75, 3.05) is 13.1 Å². The second-order valence-electron chi connectivity index (χ2n) is 5.75. The van der Waals surface area contributed by atoms with E-state index in [-0.39, 0.29) is 10.5 Å². The number of carbonyl (C=O) groups excluding carboxylic acids is 1. The van der Waals surface area contributed by atoms with E-state index < -0.39 is 15.9 Å². The number of rotatable bonds is 5. The molecular formula is C18H19N3O3S. The molecule has 2 aromatic carbocycles. The molecule has 1 N–H and O–H groups in total. The molecule has 1 aliphatic rings. The Balaban J connectivity index is 1.72. The second kappa shape index (κ2) is 7.58. The van der Waals surface area contributed by atoms with Crippen LogP contribution >= 0.6 is 0 Å². The number of carbonyl (C=O) groups is 1. The zero-order chi connectivity index (χ0) is 17.7. The third-order valence-corrected chi connectivity index (χ3v) is 5.87. The number of hydrogen-bond acceptors (Lipinski definition) is 4. The monoisotopic (exact) mass is 357 g/mol. The van der Waals surface area contributed by atoms with E-state index in [1.165, 1.54) is 22.7 Å². The van der Waals surface area contributed by atoms with Gasteiger partial charge >= 0.3 is 0 Å². The van der Waals surface area contributed by atoms with Gasteiger partial charge in [0.1, 0.15) is 0 Å². The molecule has 0 aliphatic carbocycles. The SMILES string of the molecule is O=C(N/N=C/c1ccccc1)c1cccc(S(=O)(=O)N2CCCC2)c1.